The van der Waals surface area contributed by atoms with Gasteiger partial charge in [-0.05, 0) is 42.9 Å². The molecule has 0 saturated carbocycles. The van der Waals surface area contributed by atoms with Crippen molar-refractivity contribution in [3.8, 4) is 5.88 Å². The van der Waals surface area contributed by atoms with E-state index in [0.29, 0.717) is 5.88 Å². The Kier molecular flexibility index (Phi) is 4.10. The van der Waals surface area contributed by atoms with Crippen LogP contribution in [0.3, 0.4) is 0 Å². The van der Waals surface area contributed by atoms with Crippen molar-refractivity contribution in [3.05, 3.63) is 16.1 Å². The lowest BCUT2D eigenvalue weighted by molar-refractivity contribution is 0.0908. The van der Waals surface area contributed by atoms with Gasteiger partial charge in [-0.25, -0.2) is 9.97 Å². The van der Waals surface area contributed by atoms with Crippen molar-refractivity contribution < 1.29 is 4.74 Å². The van der Waals surface area contributed by atoms with Gasteiger partial charge in [0.1, 0.15) is 5.60 Å². The standard InChI is InChI=1S/C10H15IN2O/c1-4-5-10(2,3)14-9-8(11)12-6-7-13-9/h6-7H,4-5H2,1-3H3. The molecule has 1 aromatic rings. The van der Waals surface area contributed by atoms with Crippen LogP contribution < -0.4 is 4.74 Å². The van der Waals surface area contributed by atoms with E-state index in [0.717, 1.165) is 16.5 Å². The summed E-state index contributed by atoms with van der Waals surface area (Å²) in [6.45, 7) is 6.29. The number of aromatic nitrogens is 2. The minimum atomic E-state index is -0.162. The summed E-state index contributed by atoms with van der Waals surface area (Å²) in [6, 6.07) is 0. The van der Waals surface area contributed by atoms with Crippen LogP contribution in [0.15, 0.2) is 12.4 Å². The van der Waals surface area contributed by atoms with E-state index in [2.05, 4.69) is 53.3 Å². The minimum absolute atomic E-state index is 0.162. The molecule has 14 heavy (non-hydrogen) atoms. The molecular formula is C10H15IN2O. The SMILES string of the molecule is CCCC(C)(C)Oc1nccnc1I. The molecule has 4 heteroatoms. The molecule has 0 fully saturated rings. The highest BCUT2D eigenvalue weighted by molar-refractivity contribution is 14.1. The van der Waals surface area contributed by atoms with E-state index in [1.807, 2.05) is 0 Å². The molecule has 1 heterocycles. The molecule has 0 N–H and O–H groups in total. The molecule has 78 valence electrons. The summed E-state index contributed by atoms with van der Waals surface area (Å²) in [4.78, 5) is 8.28. The van der Waals surface area contributed by atoms with E-state index in [1.165, 1.54) is 0 Å². The first kappa shape index (κ1) is 11.7. The highest BCUT2D eigenvalue weighted by Gasteiger charge is 2.20. The second-order valence-corrected chi connectivity index (χ2v) is 4.79. The maximum absolute atomic E-state index is 5.79. The van der Waals surface area contributed by atoms with Crippen LogP contribution in [-0.2, 0) is 0 Å². The van der Waals surface area contributed by atoms with E-state index >= 15 is 0 Å². The highest BCUT2D eigenvalue weighted by atomic mass is 127. The summed E-state index contributed by atoms with van der Waals surface area (Å²) >= 11 is 2.13. The Labute approximate surface area is 98.4 Å². The Morgan fingerprint density at radius 1 is 1.36 bits per heavy atom. The van der Waals surface area contributed by atoms with Gasteiger partial charge in [0.05, 0.1) is 0 Å². The summed E-state index contributed by atoms with van der Waals surface area (Å²) in [5.41, 5.74) is -0.162. The molecule has 0 saturated heterocycles. The normalized spacial score (nSPS) is 11.4. The fourth-order valence-electron chi connectivity index (χ4n) is 1.29. The maximum Gasteiger partial charge on any atom is 0.246 e. The monoisotopic (exact) mass is 306 g/mol. The number of rotatable bonds is 4. The van der Waals surface area contributed by atoms with Crippen molar-refractivity contribution in [3.63, 3.8) is 0 Å². The van der Waals surface area contributed by atoms with Crippen LogP contribution in [0.1, 0.15) is 33.6 Å². The smallest absolute Gasteiger partial charge is 0.246 e. The third kappa shape index (κ3) is 3.40. The van der Waals surface area contributed by atoms with Gasteiger partial charge in [-0.3, -0.25) is 0 Å². The van der Waals surface area contributed by atoms with Crippen LogP contribution in [0.2, 0.25) is 0 Å². The minimum Gasteiger partial charge on any atom is -0.470 e. The average molecular weight is 306 g/mol. The fraction of sp³-hybridized carbons (Fsp3) is 0.600. The molecule has 0 aliphatic heterocycles. The van der Waals surface area contributed by atoms with E-state index in [1.54, 1.807) is 12.4 Å². The third-order valence-electron chi connectivity index (χ3n) is 1.85. The molecule has 0 unspecified atom stereocenters. The predicted molar refractivity (Wildman–Crippen MR) is 64.4 cm³/mol. The fourth-order valence-corrected chi connectivity index (χ4v) is 1.70. The quantitative estimate of drug-likeness (QED) is 0.802. The lowest BCUT2D eigenvalue weighted by Gasteiger charge is -2.25. The second-order valence-electron chi connectivity index (χ2n) is 3.76. The van der Waals surface area contributed by atoms with Crippen molar-refractivity contribution in [1.82, 2.24) is 9.97 Å². The second kappa shape index (κ2) is 4.91. The highest BCUT2D eigenvalue weighted by Crippen LogP contribution is 2.22. The van der Waals surface area contributed by atoms with Gasteiger partial charge < -0.3 is 4.74 Å². The van der Waals surface area contributed by atoms with Gasteiger partial charge in [0.15, 0.2) is 3.70 Å². The Hall–Kier alpha value is -0.390. The first-order valence-corrected chi connectivity index (χ1v) is 5.78. The summed E-state index contributed by atoms with van der Waals surface area (Å²) < 4.78 is 6.61. The van der Waals surface area contributed by atoms with Gasteiger partial charge in [0, 0.05) is 12.4 Å². The largest absolute Gasteiger partial charge is 0.470 e. The summed E-state index contributed by atoms with van der Waals surface area (Å²) in [5.74, 6) is 0.631. The summed E-state index contributed by atoms with van der Waals surface area (Å²) in [7, 11) is 0. The van der Waals surface area contributed by atoms with Crippen molar-refractivity contribution in [2.45, 2.75) is 39.2 Å². The summed E-state index contributed by atoms with van der Waals surface area (Å²) in [5, 5.41) is 0. The number of hydrogen-bond acceptors (Lipinski definition) is 3. The molecule has 3 nitrogen and oxygen atoms in total. The molecule has 0 bridgehead atoms. The molecule has 0 aliphatic rings. The Balaban J connectivity index is 2.73. The first-order valence-electron chi connectivity index (χ1n) is 4.70. The van der Waals surface area contributed by atoms with Gasteiger partial charge in [0.25, 0.3) is 0 Å². The molecule has 0 aliphatic carbocycles. The number of ether oxygens (including phenoxy) is 1. The van der Waals surface area contributed by atoms with Crippen LogP contribution in [0.5, 0.6) is 5.88 Å². The number of halogens is 1. The molecule has 0 amide bonds. The number of hydrogen-bond donors (Lipinski definition) is 0. The molecule has 1 aromatic heterocycles. The molecule has 0 atom stereocenters. The zero-order valence-electron chi connectivity index (χ0n) is 8.75. The zero-order chi connectivity index (χ0) is 10.6. The van der Waals surface area contributed by atoms with Crippen molar-refractivity contribution in [2.24, 2.45) is 0 Å². The van der Waals surface area contributed by atoms with Crippen LogP contribution in [0.4, 0.5) is 0 Å². The van der Waals surface area contributed by atoms with E-state index < -0.39 is 0 Å². The van der Waals surface area contributed by atoms with E-state index in [-0.39, 0.29) is 5.60 Å². The van der Waals surface area contributed by atoms with Gasteiger partial charge in [0.2, 0.25) is 5.88 Å². The molecule has 0 aromatic carbocycles. The van der Waals surface area contributed by atoms with Crippen LogP contribution in [0.25, 0.3) is 0 Å². The molecule has 0 radical (unpaired) electrons. The Morgan fingerprint density at radius 3 is 2.57 bits per heavy atom. The van der Waals surface area contributed by atoms with Crippen molar-refractivity contribution in [1.29, 1.82) is 0 Å². The van der Waals surface area contributed by atoms with Gasteiger partial charge >= 0.3 is 0 Å². The van der Waals surface area contributed by atoms with Gasteiger partial charge in [-0.15, -0.1) is 0 Å². The third-order valence-corrected chi connectivity index (χ3v) is 2.59. The molecule has 0 spiro atoms. The Bertz CT molecular complexity index is 302. The zero-order valence-corrected chi connectivity index (χ0v) is 10.9. The van der Waals surface area contributed by atoms with Crippen molar-refractivity contribution in [2.75, 3.05) is 0 Å². The summed E-state index contributed by atoms with van der Waals surface area (Å²) in [6.07, 6.45) is 5.43. The van der Waals surface area contributed by atoms with Crippen LogP contribution in [0, 0.1) is 3.70 Å². The van der Waals surface area contributed by atoms with Gasteiger partial charge in [-0.2, -0.15) is 0 Å². The van der Waals surface area contributed by atoms with E-state index in [9.17, 15) is 0 Å². The Morgan fingerprint density at radius 2 is 2.00 bits per heavy atom. The van der Waals surface area contributed by atoms with E-state index in [4.69, 9.17) is 4.74 Å². The number of nitrogens with zero attached hydrogens (tertiary/aromatic N) is 2. The van der Waals surface area contributed by atoms with Gasteiger partial charge in [-0.1, -0.05) is 13.3 Å². The maximum atomic E-state index is 5.79. The molecular weight excluding hydrogens is 291 g/mol. The average Bonchev–Trinajstić information content (AvgIpc) is 2.08. The predicted octanol–water partition coefficient (Wildman–Crippen LogP) is 3.04. The van der Waals surface area contributed by atoms with Crippen LogP contribution >= 0.6 is 22.6 Å². The molecule has 1 rings (SSSR count). The lowest BCUT2D eigenvalue weighted by Crippen LogP contribution is -2.28. The first-order chi connectivity index (χ1) is 6.55. The van der Waals surface area contributed by atoms with Crippen molar-refractivity contribution >= 4 is 22.6 Å². The topological polar surface area (TPSA) is 35.0 Å². The lowest BCUT2D eigenvalue weighted by atomic mass is 10.0. The van der Waals surface area contributed by atoms with Crippen LogP contribution in [-0.4, -0.2) is 15.6 Å².